The van der Waals surface area contributed by atoms with Crippen LogP contribution in [0.4, 0.5) is 0 Å². The number of rotatable bonds is 6. The monoisotopic (exact) mass is 376 g/mol. The Bertz CT molecular complexity index is 533. The molecule has 0 saturated carbocycles. The molecule has 8 heteroatoms. The van der Waals surface area contributed by atoms with Crippen molar-refractivity contribution in [2.24, 2.45) is 0 Å². The number of methoxy groups -OCH3 is 1. The van der Waals surface area contributed by atoms with E-state index in [2.05, 4.69) is 10.6 Å². The molecule has 1 heterocycles. The fraction of sp³-hybridized carbons (Fsp3) is 0.500. The molecule has 1 aliphatic rings. The van der Waals surface area contributed by atoms with Crippen LogP contribution in [0.25, 0.3) is 0 Å². The standard InChI is InChI=1S/C16H21ClN2O4.ClH/c1-22-16(21)9-14(11-2-4-12(17)5-3-11)19-15(20)8-13-10-23-7-6-18-13;/h2-5,13-14,18H,6-10H2,1H3,(H,19,20);1H/t13?,14-;/m0./s1. The van der Waals surface area contributed by atoms with Crippen LogP contribution in [0.3, 0.4) is 0 Å². The van der Waals surface area contributed by atoms with Crippen LogP contribution in [0.5, 0.6) is 0 Å². The van der Waals surface area contributed by atoms with Crippen molar-refractivity contribution >= 4 is 35.9 Å². The van der Waals surface area contributed by atoms with Gasteiger partial charge >= 0.3 is 5.97 Å². The van der Waals surface area contributed by atoms with E-state index in [0.29, 0.717) is 24.7 Å². The number of morpholine rings is 1. The van der Waals surface area contributed by atoms with E-state index < -0.39 is 6.04 Å². The summed E-state index contributed by atoms with van der Waals surface area (Å²) >= 11 is 5.88. The third kappa shape index (κ3) is 6.65. The minimum Gasteiger partial charge on any atom is -0.469 e. The highest BCUT2D eigenvalue weighted by Gasteiger charge is 2.22. The molecule has 24 heavy (non-hydrogen) atoms. The average Bonchev–Trinajstić information content (AvgIpc) is 2.55. The van der Waals surface area contributed by atoms with Crippen LogP contribution >= 0.6 is 24.0 Å². The van der Waals surface area contributed by atoms with Gasteiger partial charge in [0.15, 0.2) is 0 Å². The maximum atomic E-state index is 12.2. The van der Waals surface area contributed by atoms with Crippen LogP contribution in [-0.2, 0) is 19.1 Å². The highest BCUT2D eigenvalue weighted by molar-refractivity contribution is 6.30. The van der Waals surface area contributed by atoms with E-state index in [9.17, 15) is 9.59 Å². The van der Waals surface area contributed by atoms with Crippen molar-refractivity contribution in [3.8, 4) is 0 Å². The van der Waals surface area contributed by atoms with Crippen molar-refractivity contribution < 1.29 is 19.1 Å². The van der Waals surface area contributed by atoms with Crippen LogP contribution in [0.15, 0.2) is 24.3 Å². The van der Waals surface area contributed by atoms with Crippen LogP contribution in [0.1, 0.15) is 24.4 Å². The second kappa shape index (κ2) is 10.5. The van der Waals surface area contributed by atoms with Gasteiger partial charge in [0.25, 0.3) is 0 Å². The fourth-order valence-electron chi connectivity index (χ4n) is 2.43. The number of esters is 1. The molecule has 0 radical (unpaired) electrons. The first-order chi connectivity index (χ1) is 11.1. The predicted octanol–water partition coefficient (Wildman–Crippen LogP) is 1.86. The Kier molecular flexibility index (Phi) is 9.07. The minimum absolute atomic E-state index is 0. The van der Waals surface area contributed by atoms with Gasteiger partial charge in [-0.1, -0.05) is 23.7 Å². The summed E-state index contributed by atoms with van der Waals surface area (Å²) in [6.45, 7) is 1.91. The summed E-state index contributed by atoms with van der Waals surface area (Å²) in [5, 5.41) is 6.71. The molecule has 1 unspecified atom stereocenters. The summed E-state index contributed by atoms with van der Waals surface area (Å²) in [6.07, 6.45) is 0.365. The Morgan fingerprint density at radius 2 is 2.12 bits per heavy atom. The summed E-state index contributed by atoms with van der Waals surface area (Å²) in [5.41, 5.74) is 0.806. The maximum absolute atomic E-state index is 12.2. The molecule has 1 amide bonds. The summed E-state index contributed by atoms with van der Waals surface area (Å²) in [5.74, 6) is -0.527. The van der Waals surface area contributed by atoms with Gasteiger partial charge < -0.3 is 20.1 Å². The molecule has 2 rings (SSSR count). The average molecular weight is 377 g/mol. The quantitative estimate of drug-likeness (QED) is 0.741. The number of amides is 1. The van der Waals surface area contributed by atoms with Crippen LogP contribution < -0.4 is 10.6 Å². The molecule has 0 bridgehead atoms. The summed E-state index contributed by atoms with van der Waals surface area (Å²) in [6, 6.07) is 6.58. The molecule has 0 spiro atoms. The smallest absolute Gasteiger partial charge is 0.307 e. The predicted molar refractivity (Wildman–Crippen MR) is 93.4 cm³/mol. The number of ether oxygens (including phenoxy) is 2. The zero-order chi connectivity index (χ0) is 16.7. The zero-order valence-corrected chi connectivity index (χ0v) is 15.0. The Balaban J connectivity index is 0.00000288. The maximum Gasteiger partial charge on any atom is 0.307 e. The van der Waals surface area contributed by atoms with E-state index in [4.69, 9.17) is 21.1 Å². The van der Waals surface area contributed by atoms with Gasteiger partial charge in [0.1, 0.15) is 0 Å². The van der Waals surface area contributed by atoms with Gasteiger partial charge in [0.05, 0.1) is 32.8 Å². The molecular weight excluding hydrogens is 355 g/mol. The van der Waals surface area contributed by atoms with Crippen molar-refractivity contribution in [2.45, 2.75) is 24.9 Å². The number of halogens is 2. The summed E-state index contributed by atoms with van der Waals surface area (Å²) < 4.78 is 10.0. The molecule has 2 N–H and O–H groups in total. The normalized spacial score (nSPS) is 18.2. The molecule has 1 fully saturated rings. The molecule has 0 aromatic heterocycles. The number of nitrogens with one attached hydrogen (secondary N) is 2. The lowest BCUT2D eigenvalue weighted by atomic mass is 10.0. The van der Waals surface area contributed by atoms with Gasteiger partial charge in [-0.2, -0.15) is 0 Å². The highest BCUT2D eigenvalue weighted by atomic mass is 35.5. The number of hydrogen-bond donors (Lipinski definition) is 2. The Hall–Kier alpha value is -1.34. The molecule has 134 valence electrons. The first-order valence-electron chi connectivity index (χ1n) is 7.51. The highest BCUT2D eigenvalue weighted by Crippen LogP contribution is 2.20. The number of hydrogen-bond acceptors (Lipinski definition) is 5. The molecule has 2 atom stereocenters. The molecule has 1 aromatic rings. The van der Waals surface area contributed by atoms with E-state index in [-0.39, 0.29) is 36.7 Å². The molecule has 1 saturated heterocycles. The minimum atomic E-state index is -0.447. The summed E-state index contributed by atoms with van der Waals surface area (Å²) in [7, 11) is 1.33. The Morgan fingerprint density at radius 3 is 2.71 bits per heavy atom. The van der Waals surface area contributed by atoms with E-state index >= 15 is 0 Å². The van der Waals surface area contributed by atoms with Crippen molar-refractivity contribution in [3.05, 3.63) is 34.9 Å². The lowest BCUT2D eigenvalue weighted by Crippen LogP contribution is -2.44. The number of carbonyl (C=O) groups excluding carboxylic acids is 2. The van der Waals surface area contributed by atoms with Gasteiger partial charge in [-0.15, -0.1) is 12.4 Å². The second-order valence-corrected chi connectivity index (χ2v) is 5.82. The Morgan fingerprint density at radius 1 is 1.42 bits per heavy atom. The molecule has 1 aliphatic heterocycles. The van der Waals surface area contributed by atoms with E-state index in [1.807, 2.05) is 0 Å². The number of carbonyl (C=O) groups is 2. The largest absolute Gasteiger partial charge is 0.469 e. The fourth-order valence-corrected chi connectivity index (χ4v) is 2.55. The lowest BCUT2D eigenvalue weighted by molar-refractivity contribution is -0.141. The summed E-state index contributed by atoms with van der Waals surface area (Å²) in [4.78, 5) is 23.8. The molecule has 0 aliphatic carbocycles. The van der Waals surface area contributed by atoms with Crippen LogP contribution in [0.2, 0.25) is 5.02 Å². The van der Waals surface area contributed by atoms with Crippen molar-refractivity contribution in [2.75, 3.05) is 26.9 Å². The topological polar surface area (TPSA) is 76.7 Å². The molecule has 6 nitrogen and oxygen atoms in total. The molecular formula is C16H22Cl2N2O4. The first-order valence-corrected chi connectivity index (χ1v) is 7.89. The molecule has 1 aromatic carbocycles. The van der Waals surface area contributed by atoms with Crippen molar-refractivity contribution in [1.82, 2.24) is 10.6 Å². The SMILES string of the molecule is COC(=O)C[C@H](NC(=O)CC1COCCN1)c1ccc(Cl)cc1.Cl. The van der Waals surface area contributed by atoms with Gasteiger partial charge in [0, 0.05) is 24.0 Å². The second-order valence-electron chi connectivity index (χ2n) is 5.38. The van der Waals surface area contributed by atoms with E-state index in [0.717, 1.165) is 12.1 Å². The van der Waals surface area contributed by atoms with Crippen LogP contribution in [-0.4, -0.2) is 44.8 Å². The third-order valence-corrected chi connectivity index (χ3v) is 3.89. The lowest BCUT2D eigenvalue weighted by Gasteiger charge is -2.25. The van der Waals surface area contributed by atoms with Crippen molar-refractivity contribution in [3.63, 3.8) is 0 Å². The third-order valence-electron chi connectivity index (χ3n) is 3.64. The van der Waals surface area contributed by atoms with Crippen LogP contribution in [0, 0.1) is 0 Å². The van der Waals surface area contributed by atoms with Gasteiger partial charge in [0.2, 0.25) is 5.91 Å². The van der Waals surface area contributed by atoms with E-state index in [1.165, 1.54) is 7.11 Å². The zero-order valence-electron chi connectivity index (χ0n) is 13.4. The first kappa shape index (κ1) is 20.7. The van der Waals surface area contributed by atoms with Gasteiger partial charge in [-0.3, -0.25) is 9.59 Å². The van der Waals surface area contributed by atoms with Crippen molar-refractivity contribution in [1.29, 1.82) is 0 Å². The Labute approximate surface area is 152 Å². The van der Waals surface area contributed by atoms with Gasteiger partial charge in [-0.05, 0) is 17.7 Å². The van der Waals surface area contributed by atoms with Gasteiger partial charge in [-0.25, -0.2) is 0 Å². The van der Waals surface area contributed by atoms with E-state index in [1.54, 1.807) is 24.3 Å². The number of benzene rings is 1.